The lowest BCUT2D eigenvalue weighted by atomic mass is 9.93. The Kier molecular flexibility index (Phi) is 6.41. The Labute approximate surface area is 145 Å². The summed E-state index contributed by atoms with van der Waals surface area (Å²) in [6.07, 6.45) is 2.84. The molecule has 0 radical (unpaired) electrons. The molecule has 4 nitrogen and oxygen atoms in total. The third kappa shape index (κ3) is 4.16. The van der Waals surface area contributed by atoms with Gasteiger partial charge in [0.2, 0.25) is 11.8 Å². The number of carbonyl (C=O) groups excluding carboxylic acids is 2. The van der Waals surface area contributed by atoms with E-state index in [9.17, 15) is 9.59 Å². The highest BCUT2D eigenvalue weighted by atomic mass is 16.2. The molecule has 0 aliphatic carbocycles. The van der Waals surface area contributed by atoms with Gasteiger partial charge in [-0.1, -0.05) is 51.5 Å². The lowest BCUT2D eigenvalue weighted by molar-refractivity contribution is -0.143. The quantitative estimate of drug-likeness (QED) is 0.802. The van der Waals surface area contributed by atoms with Gasteiger partial charge in [0.05, 0.1) is 12.6 Å². The average Bonchev–Trinajstić information content (AvgIpc) is 2.58. The van der Waals surface area contributed by atoms with Crippen molar-refractivity contribution in [2.75, 3.05) is 19.6 Å². The minimum atomic E-state index is -0.0749. The highest BCUT2D eigenvalue weighted by molar-refractivity contribution is 5.86. The number of benzene rings is 1. The fourth-order valence-corrected chi connectivity index (χ4v) is 3.35. The summed E-state index contributed by atoms with van der Waals surface area (Å²) in [7, 11) is 0. The van der Waals surface area contributed by atoms with E-state index in [0.717, 1.165) is 25.8 Å². The van der Waals surface area contributed by atoms with Gasteiger partial charge in [0, 0.05) is 19.0 Å². The van der Waals surface area contributed by atoms with Gasteiger partial charge in [-0.15, -0.1) is 0 Å². The van der Waals surface area contributed by atoms with Crippen molar-refractivity contribution in [2.45, 2.75) is 53.0 Å². The highest BCUT2D eigenvalue weighted by Gasteiger charge is 2.29. The van der Waals surface area contributed by atoms with Crippen molar-refractivity contribution in [3.05, 3.63) is 35.4 Å². The van der Waals surface area contributed by atoms with Crippen LogP contribution < -0.4 is 0 Å². The molecule has 1 atom stereocenters. The van der Waals surface area contributed by atoms with Gasteiger partial charge in [-0.05, 0) is 30.9 Å². The number of fused-ring (bicyclic) bond motifs is 1. The zero-order chi connectivity index (χ0) is 17.7. The minimum absolute atomic E-state index is 0.0575. The molecule has 1 aliphatic rings. The molecule has 0 saturated carbocycles. The van der Waals surface area contributed by atoms with Crippen molar-refractivity contribution in [1.82, 2.24) is 9.80 Å². The molecule has 0 aromatic heterocycles. The molecule has 132 valence electrons. The summed E-state index contributed by atoms with van der Waals surface area (Å²) < 4.78 is 0. The van der Waals surface area contributed by atoms with E-state index < -0.39 is 0 Å². The van der Waals surface area contributed by atoms with E-state index >= 15 is 0 Å². The van der Waals surface area contributed by atoms with Crippen molar-refractivity contribution in [3.63, 3.8) is 0 Å². The van der Waals surface area contributed by atoms with Crippen molar-refractivity contribution in [2.24, 2.45) is 5.92 Å². The average molecular weight is 330 g/mol. The summed E-state index contributed by atoms with van der Waals surface area (Å²) in [4.78, 5) is 28.9. The predicted molar refractivity (Wildman–Crippen MR) is 96.6 cm³/mol. The Morgan fingerprint density at radius 2 is 2.00 bits per heavy atom. The number of nitrogens with zero attached hydrogens (tertiary/aromatic N) is 2. The third-order valence-electron chi connectivity index (χ3n) is 4.83. The zero-order valence-electron chi connectivity index (χ0n) is 15.4. The van der Waals surface area contributed by atoms with E-state index in [4.69, 9.17) is 0 Å². The second-order valence-corrected chi connectivity index (χ2v) is 6.98. The molecule has 1 aromatic rings. The molecule has 0 fully saturated rings. The van der Waals surface area contributed by atoms with Gasteiger partial charge in [-0.2, -0.15) is 0 Å². The summed E-state index contributed by atoms with van der Waals surface area (Å²) in [5.74, 6) is 0.0538. The molecular weight excluding hydrogens is 300 g/mol. The van der Waals surface area contributed by atoms with Crippen molar-refractivity contribution >= 4 is 11.8 Å². The van der Waals surface area contributed by atoms with Crippen molar-refractivity contribution < 1.29 is 9.59 Å². The standard InChI is InChI=1S/C20H30N2O2/c1-5-6-12-21(20(24)15(2)3)14-19(23)22-13-11-17-9-7-8-10-18(17)16(22)4/h7-10,15-16H,5-6,11-14H2,1-4H3. The maximum atomic E-state index is 12.9. The van der Waals surface area contributed by atoms with Crippen LogP contribution in [0.5, 0.6) is 0 Å². The summed E-state index contributed by atoms with van der Waals surface area (Å²) in [5.41, 5.74) is 2.56. The first kappa shape index (κ1) is 18.5. The van der Waals surface area contributed by atoms with Gasteiger partial charge in [0.15, 0.2) is 0 Å². The van der Waals surface area contributed by atoms with E-state index in [1.165, 1.54) is 11.1 Å². The first-order chi connectivity index (χ1) is 11.5. The van der Waals surface area contributed by atoms with Gasteiger partial charge >= 0.3 is 0 Å². The maximum Gasteiger partial charge on any atom is 0.242 e. The number of hydrogen-bond acceptors (Lipinski definition) is 2. The molecule has 2 amide bonds. The van der Waals surface area contributed by atoms with Crippen LogP contribution in [-0.2, 0) is 16.0 Å². The largest absolute Gasteiger partial charge is 0.334 e. The van der Waals surface area contributed by atoms with Gasteiger partial charge in [-0.3, -0.25) is 9.59 Å². The molecule has 0 N–H and O–H groups in total. The number of hydrogen-bond donors (Lipinski definition) is 0. The lowest BCUT2D eigenvalue weighted by Gasteiger charge is -2.37. The summed E-state index contributed by atoms with van der Waals surface area (Å²) in [6, 6.07) is 8.40. The Balaban J connectivity index is 2.08. The van der Waals surface area contributed by atoms with Crippen LogP contribution in [-0.4, -0.2) is 41.2 Å². The Morgan fingerprint density at radius 3 is 2.67 bits per heavy atom. The second kappa shape index (κ2) is 8.32. The molecule has 24 heavy (non-hydrogen) atoms. The minimum Gasteiger partial charge on any atom is -0.334 e. The van der Waals surface area contributed by atoms with Gasteiger partial charge in [0.1, 0.15) is 0 Å². The number of unbranched alkanes of at least 4 members (excludes halogenated alkanes) is 1. The molecule has 0 bridgehead atoms. The van der Waals surface area contributed by atoms with E-state index in [0.29, 0.717) is 6.54 Å². The second-order valence-electron chi connectivity index (χ2n) is 6.98. The SMILES string of the molecule is CCCCN(CC(=O)N1CCc2ccccc2C1C)C(=O)C(C)C. The number of carbonyl (C=O) groups is 2. The van der Waals surface area contributed by atoms with Gasteiger partial charge in [-0.25, -0.2) is 0 Å². The van der Waals surface area contributed by atoms with Crippen LogP contribution in [0, 0.1) is 5.92 Å². The molecule has 0 spiro atoms. The zero-order valence-corrected chi connectivity index (χ0v) is 15.4. The highest BCUT2D eigenvalue weighted by Crippen LogP contribution is 2.29. The van der Waals surface area contributed by atoms with Crippen LogP contribution in [0.2, 0.25) is 0 Å². The van der Waals surface area contributed by atoms with Gasteiger partial charge < -0.3 is 9.80 Å². The fourth-order valence-electron chi connectivity index (χ4n) is 3.35. The molecule has 2 rings (SSSR count). The van der Waals surface area contributed by atoms with E-state index in [1.807, 2.05) is 24.8 Å². The van der Waals surface area contributed by atoms with E-state index in [2.05, 4.69) is 32.0 Å². The maximum absolute atomic E-state index is 12.9. The summed E-state index contributed by atoms with van der Waals surface area (Å²) in [5, 5.41) is 0. The van der Waals surface area contributed by atoms with Crippen LogP contribution in [0.3, 0.4) is 0 Å². The van der Waals surface area contributed by atoms with Crippen LogP contribution in [0.1, 0.15) is 57.7 Å². The molecule has 0 saturated heterocycles. The fraction of sp³-hybridized carbons (Fsp3) is 0.600. The molecule has 1 aromatic carbocycles. The number of rotatable bonds is 6. The smallest absolute Gasteiger partial charge is 0.242 e. The van der Waals surface area contributed by atoms with Crippen LogP contribution in [0.25, 0.3) is 0 Å². The Morgan fingerprint density at radius 1 is 1.29 bits per heavy atom. The molecule has 1 unspecified atom stereocenters. The molecule has 1 aliphatic heterocycles. The van der Waals surface area contributed by atoms with Crippen molar-refractivity contribution in [1.29, 1.82) is 0 Å². The van der Waals surface area contributed by atoms with Gasteiger partial charge in [0.25, 0.3) is 0 Å². The third-order valence-corrected chi connectivity index (χ3v) is 4.83. The molecule has 4 heteroatoms. The Hall–Kier alpha value is -1.84. The molecule has 1 heterocycles. The first-order valence-electron chi connectivity index (χ1n) is 9.11. The Bertz CT molecular complexity index is 583. The first-order valence-corrected chi connectivity index (χ1v) is 9.11. The van der Waals surface area contributed by atoms with Crippen LogP contribution in [0.15, 0.2) is 24.3 Å². The monoisotopic (exact) mass is 330 g/mol. The van der Waals surface area contributed by atoms with Crippen LogP contribution >= 0.6 is 0 Å². The lowest BCUT2D eigenvalue weighted by Crippen LogP contribution is -2.47. The topological polar surface area (TPSA) is 40.6 Å². The predicted octanol–water partition coefficient (Wildman–Crippen LogP) is 3.42. The molecular formula is C20H30N2O2. The summed E-state index contributed by atoms with van der Waals surface area (Å²) in [6.45, 7) is 9.56. The summed E-state index contributed by atoms with van der Waals surface area (Å²) >= 11 is 0. The van der Waals surface area contributed by atoms with Crippen LogP contribution in [0.4, 0.5) is 0 Å². The number of amides is 2. The normalized spacial score (nSPS) is 16.9. The van der Waals surface area contributed by atoms with Crippen molar-refractivity contribution in [3.8, 4) is 0 Å². The van der Waals surface area contributed by atoms with E-state index in [1.54, 1.807) is 4.90 Å². The van der Waals surface area contributed by atoms with E-state index in [-0.39, 0.29) is 30.3 Å².